The first-order chi connectivity index (χ1) is 15.2. The van der Waals surface area contributed by atoms with Crippen LogP contribution in [0, 0.1) is 6.92 Å². The van der Waals surface area contributed by atoms with E-state index in [1.54, 1.807) is 32.2 Å². The average molecular weight is 480 g/mol. The summed E-state index contributed by atoms with van der Waals surface area (Å²) in [5.41, 5.74) is 2.37. The van der Waals surface area contributed by atoms with Crippen LogP contribution in [0.2, 0.25) is 5.02 Å². The summed E-state index contributed by atoms with van der Waals surface area (Å²) in [5, 5.41) is 0.516. The minimum Gasteiger partial charge on any atom is -0.497 e. The van der Waals surface area contributed by atoms with Crippen molar-refractivity contribution in [3.8, 4) is 5.75 Å². The maximum atomic E-state index is 12.7. The molecule has 2 aromatic rings. The molecule has 0 N–H and O–H groups in total. The zero-order chi connectivity index (χ0) is 23.3. The number of rotatable bonds is 8. The van der Waals surface area contributed by atoms with Gasteiger partial charge < -0.3 is 14.5 Å². The third-order valence-corrected chi connectivity index (χ3v) is 7.32. The summed E-state index contributed by atoms with van der Waals surface area (Å²) in [6.07, 6.45) is 1.91. The Labute approximate surface area is 195 Å². The number of ether oxygens (including phenoxy) is 1. The second kappa shape index (κ2) is 10.4. The number of benzene rings is 2. The Morgan fingerprint density at radius 2 is 1.75 bits per heavy atom. The SMILES string of the molecule is COc1ccc(N2CCN(C(=O)CCCN(c3cccc(Cl)c3C)S(C)(=O)=O)CC2)cc1. The highest BCUT2D eigenvalue weighted by Gasteiger charge is 2.23. The van der Waals surface area contributed by atoms with Crippen LogP contribution in [0.5, 0.6) is 5.75 Å². The van der Waals surface area contributed by atoms with E-state index in [1.165, 1.54) is 10.6 Å². The molecule has 0 atom stereocenters. The van der Waals surface area contributed by atoms with Crippen molar-refractivity contribution in [1.29, 1.82) is 0 Å². The molecule has 3 rings (SSSR count). The van der Waals surface area contributed by atoms with E-state index < -0.39 is 10.0 Å². The first kappa shape index (κ1) is 24.2. The van der Waals surface area contributed by atoms with Gasteiger partial charge in [-0.3, -0.25) is 9.10 Å². The summed E-state index contributed by atoms with van der Waals surface area (Å²) in [6.45, 7) is 4.84. The fourth-order valence-electron chi connectivity index (χ4n) is 3.87. The van der Waals surface area contributed by atoms with Crippen molar-refractivity contribution in [3.05, 3.63) is 53.1 Å². The number of carbonyl (C=O) groups excluding carboxylic acids is 1. The van der Waals surface area contributed by atoms with Gasteiger partial charge in [0, 0.05) is 49.9 Å². The van der Waals surface area contributed by atoms with E-state index in [4.69, 9.17) is 16.3 Å². The molecule has 1 aliphatic rings. The van der Waals surface area contributed by atoms with Crippen molar-refractivity contribution in [3.63, 3.8) is 0 Å². The first-order valence-electron chi connectivity index (χ1n) is 10.6. The van der Waals surface area contributed by atoms with Gasteiger partial charge in [0.1, 0.15) is 5.75 Å². The van der Waals surface area contributed by atoms with Gasteiger partial charge in [-0.15, -0.1) is 0 Å². The lowest BCUT2D eigenvalue weighted by atomic mass is 10.2. The number of sulfonamides is 1. The van der Waals surface area contributed by atoms with Gasteiger partial charge in [0.15, 0.2) is 0 Å². The molecule has 7 nitrogen and oxygen atoms in total. The third-order valence-electron chi connectivity index (χ3n) is 5.73. The van der Waals surface area contributed by atoms with Crippen LogP contribution >= 0.6 is 11.6 Å². The number of nitrogens with zero attached hydrogens (tertiary/aromatic N) is 3. The van der Waals surface area contributed by atoms with E-state index >= 15 is 0 Å². The molecule has 1 fully saturated rings. The highest BCUT2D eigenvalue weighted by molar-refractivity contribution is 7.92. The lowest BCUT2D eigenvalue weighted by Crippen LogP contribution is -2.48. The van der Waals surface area contributed by atoms with Gasteiger partial charge in [0.25, 0.3) is 0 Å². The largest absolute Gasteiger partial charge is 0.497 e. The van der Waals surface area contributed by atoms with Gasteiger partial charge in [0.05, 0.1) is 19.1 Å². The van der Waals surface area contributed by atoms with Crippen molar-refractivity contribution >= 4 is 38.9 Å². The third kappa shape index (κ3) is 5.86. The lowest BCUT2D eigenvalue weighted by Gasteiger charge is -2.36. The number of anilines is 2. The molecule has 174 valence electrons. The van der Waals surface area contributed by atoms with Crippen molar-refractivity contribution in [1.82, 2.24) is 4.90 Å². The van der Waals surface area contributed by atoms with Crippen LogP contribution in [-0.4, -0.2) is 65.3 Å². The molecule has 9 heteroatoms. The molecule has 0 saturated carbocycles. The molecule has 2 aromatic carbocycles. The zero-order valence-corrected chi connectivity index (χ0v) is 20.3. The highest BCUT2D eigenvalue weighted by atomic mass is 35.5. The Hall–Kier alpha value is -2.45. The van der Waals surface area contributed by atoms with Crippen molar-refractivity contribution in [2.75, 3.05) is 55.3 Å². The number of carbonyl (C=O) groups is 1. The van der Waals surface area contributed by atoms with E-state index in [2.05, 4.69) is 4.90 Å². The van der Waals surface area contributed by atoms with E-state index in [0.717, 1.165) is 24.5 Å². The molecule has 1 saturated heterocycles. The van der Waals surface area contributed by atoms with Crippen LogP contribution in [0.4, 0.5) is 11.4 Å². The van der Waals surface area contributed by atoms with Gasteiger partial charge in [-0.2, -0.15) is 0 Å². The Balaban J connectivity index is 1.53. The minimum atomic E-state index is -3.49. The number of hydrogen-bond acceptors (Lipinski definition) is 5. The van der Waals surface area contributed by atoms with Crippen molar-refractivity contribution in [2.45, 2.75) is 19.8 Å². The molecule has 1 amide bonds. The van der Waals surface area contributed by atoms with Crippen LogP contribution in [0.25, 0.3) is 0 Å². The minimum absolute atomic E-state index is 0.0515. The van der Waals surface area contributed by atoms with Crippen LogP contribution in [-0.2, 0) is 14.8 Å². The maximum absolute atomic E-state index is 12.7. The van der Waals surface area contributed by atoms with Gasteiger partial charge >= 0.3 is 0 Å². The number of hydrogen-bond donors (Lipinski definition) is 0. The Bertz CT molecular complexity index is 1040. The van der Waals surface area contributed by atoms with E-state index in [9.17, 15) is 13.2 Å². The number of methoxy groups -OCH3 is 1. The molecule has 0 aliphatic carbocycles. The quantitative estimate of drug-likeness (QED) is 0.579. The summed E-state index contributed by atoms with van der Waals surface area (Å²) in [6, 6.07) is 13.1. The molecular weight excluding hydrogens is 450 g/mol. The summed E-state index contributed by atoms with van der Waals surface area (Å²) in [7, 11) is -1.85. The van der Waals surface area contributed by atoms with Gasteiger partial charge in [-0.1, -0.05) is 17.7 Å². The Kier molecular flexibility index (Phi) is 7.90. The lowest BCUT2D eigenvalue weighted by molar-refractivity contribution is -0.131. The second-order valence-electron chi connectivity index (χ2n) is 7.89. The second-order valence-corrected chi connectivity index (χ2v) is 10.2. The predicted molar refractivity (Wildman–Crippen MR) is 129 cm³/mol. The molecule has 1 aliphatic heterocycles. The van der Waals surface area contributed by atoms with Gasteiger partial charge in [0.2, 0.25) is 15.9 Å². The Morgan fingerprint density at radius 1 is 1.09 bits per heavy atom. The predicted octanol–water partition coefficient (Wildman–Crippen LogP) is 3.55. The first-order valence-corrected chi connectivity index (χ1v) is 12.8. The highest BCUT2D eigenvalue weighted by Crippen LogP contribution is 2.28. The summed E-state index contributed by atoms with van der Waals surface area (Å²) >= 11 is 6.17. The van der Waals surface area contributed by atoms with E-state index in [-0.39, 0.29) is 12.5 Å². The molecule has 0 radical (unpaired) electrons. The fraction of sp³-hybridized carbons (Fsp3) is 0.435. The topological polar surface area (TPSA) is 70.2 Å². The smallest absolute Gasteiger partial charge is 0.232 e. The summed E-state index contributed by atoms with van der Waals surface area (Å²) in [4.78, 5) is 16.8. The zero-order valence-electron chi connectivity index (χ0n) is 18.8. The van der Waals surface area contributed by atoms with Gasteiger partial charge in [-0.05, 0) is 55.3 Å². The molecule has 0 bridgehead atoms. The van der Waals surface area contributed by atoms with Crippen molar-refractivity contribution in [2.24, 2.45) is 0 Å². The summed E-state index contributed by atoms with van der Waals surface area (Å²) in [5.74, 6) is 0.870. The fourth-order valence-corrected chi connectivity index (χ4v) is 5.06. The van der Waals surface area contributed by atoms with Crippen LogP contribution in [0.15, 0.2) is 42.5 Å². The summed E-state index contributed by atoms with van der Waals surface area (Å²) < 4.78 is 31.3. The van der Waals surface area contributed by atoms with Gasteiger partial charge in [-0.25, -0.2) is 8.42 Å². The standard InChI is InChI=1S/C23H30ClN3O4S/c1-18-21(24)6-4-7-22(18)27(32(3,29)30)13-5-8-23(28)26-16-14-25(15-17-26)19-9-11-20(31-2)12-10-19/h4,6-7,9-12H,5,8,13-17H2,1-3H3. The van der Waals surface area contributed by atoms with Crippen LogP contribution < -0.4 is 13.9 Å². The molecule has 0 unspecified atom stereocenters. The monoisotopic (exact) mass is 479 g/mol. The normalized spacial score (nSPS) is 14.4. The van der Waals surface area contributed by atoms with Crippen LogP contribution in [0.1, 0.15) is 18.4 Å². The maximum Gasteiger partial charge on any atom is 0.232 e. The molecule has 0 aromatic heterocycles. The Morgan fingerprint density at radius 3 is 2.34 bits per heavy atom. The van der Waals surface area contributed by atoms with Crippen LogP contribution in [0.3, 0.4) is 0 Å². The van der Waals surface area contributed by atoms with Crippen molar-refractivity contribution < 1.29 is 17.9 Å². The number of piperazine rings is 1. The molecule has 32 heavy (non-hydrogen) atoms. The molecular formula is C23H30ClN3O4S. The number of amides is 1. The van der Waals surface area contributed by atoms with E-state index in [0.29, 0.717) is 42.2 Å². The average Bonchev–Trinajstić information content (AvgIpc) is 2.78. The number of halogens is 1. The van der Waals surface area contributed by atoms with E-state index in [1.807, 2.05) is 29.2 Å². The molecule has 1 heterocycles. The molecule has 0 spiro atoms.